The lowest BCUT2D eigenvalue weighted by Gasteiger charge is -2.19. The van der Waals surface area contributed by atoms with Gasteiger partial charge in [0.1, 0.15) is 17.2 Å². The van der Waals surface area contributed by atoms with Crippen LogP contribution in [0.3, 0.4) is 0 Å². The zero-order valence-electron chi connectivity index (χ0n) is 32.6. The van der Waals surface area contributed by atoms with Gasteiger partial charge in [0.15, 0.2) is 19.7 Å². The number of rotatable bonds is 8. The number of carbonyl (C=O) groups is 2. The molecule has 15 heteroatoms. The molecule has 2 aliphatic carbocycles. The third-order valence-electron chi connectivity index (χ3n) is 8.53. The van der Waals surface area contributed by atoms with Gasteiger partial charge in [0, 0.05) is 40.7 Å². The first kappa shape index (κ1) is 45.7. The van der Waals surface area contributed by atoms with Gasteiger partial charge >= 0.3 is 11.4 Å². The van der Waals surface area contributed by atoms with Crippen molar-refractivity contribution in [1.82, 2.24) is 0 Å². The number of phenolic OH excluding ortho intramolecular Hbond substituents is 3. The van der Waals surface area contributed by atoms with Gasteiger partial charge in [-0.2, -0.15) is 9.58 Å². The first-order chi connectivity index (χ1) is 28.1. The van der Waals surface area contributed by atoms with Gasteiger partial charge in [0.2, 0.25) is 0 Å². The van der Waals surface area contributed by atoms with E-state index < -0.39 is 31.2 Å². The third-order valence-corrected chi connectivity index (χ3v) is 10.8. The molecular formula is C45H48N4O9S2. The minimum Gasteiger partial charge on any atom is -0.508 e. The molecule has 0 aliphatic heterocycles. The predicted molar refractivity (Wildman–Crippen MR) is 237 cm³/mol. The van der Waals surface area contributed by atoms with E-state index in [9.17, 15) is 26.4 Å². The molecule has 2 aliphatic rings. The Balaban J connectivity index is 0.000000470. The highest BCUT2D eigenvalue weighted by molar-refractivity contribution is 8.00. The fourth-order valence-electron chi connectivity index (χ4n) is 5.92. The quantitative estimate of drug-likeness (QED) is 0.0770. The molecular weight excluding hydrogens is 805 g/mol. The molecule has 3 N–H and O–H groups in total. The topological polar surface area (TPSA) is 236 Å². The van der Waals surface area contributed by atoms with Gasteiger partial charge in [0.05, 0.1) is 22.0 Å². The SMILES string of the molecule is C.C.C.C.CS(=O)(=O)C1=CC(=[N+]=[N-])C(=O)c2ccccc21.CS(=O)(=O)C1=CC(=[N+]=[N-])C(=O)c2ccccc21.[2H]Oc1ccc(C(c2ccc(O[2H])cc2)c2ccc(O[2H])cc2)cc1. The second-order valence-electron chi connectivity index (χ2n) is 12.4. The van der Waals surface area contributed by atoms with E-state index in [-0.39, 0.29) is 68.0 Å². The van der Waals surface area contributed by atoms with E-state index >= 15 is 0 Å². The maximum Gasteiger partial charge on any atom is 0.364 e. The summed E-state index contributed by atoms with van der Waals surface area (Å²) in [4.78, 5) is 29.2. The monoisotopic (exact) mass is 855 g/mol. The lowest BCUT2D eigenvalue weighted by Crippen LogP contribution is -2.22. The van der Waals surface area contributed by atoms with Crippen LogP contribution in [0.4, 0.5) is 0 Å². The summed E-state index contributed by atoms with van der Waals surface area (Å²) in [6.07, 6.45) is 4.25. The molecule has 0 fully saturated rings. The minimum atomic E-state index is -3.49. The lowest BCUT2D eigenvalue weighted by atomic mass is 9.85. The summed E-state index contributed by atoms with van der Waals surface area (Å²) in [6.45, 7) is 0. The Bertz CT molecular complexity index is 2580. The van der Waals surface area contributed by atoms with E-state index in [1.54, 1.807) is 72.8 Å². The number of benzene rings is 5. The standard InChI is InChI=1S/C19H16O3.2C11H8N2O3S.4CH4/c20-16-7-1-13(2-8-16)19(14-3-9-17(21)10-4-14)15-5-11-18(22)12-6-15;2*1-17(15,16)10-6-9(13-12)11(14)8-5-3-2-4-7(8)10;;;;/h1-12,19-22H;2*2-6H,1H3;4*1H4/i/hD3. The number of fused-ring (bicyclic) bond motifs is 2. The van der Waals surface area contributed by atoms with Crippen molar-refractivity contribution in [3.63, 3.8) is 0 Å². The van der Waals surface area contributed by atoms with Crippen molar-refractivity contribution in [2.75, 3.05) is 12.5 Å². The molecule has 314 valence electrons. The third kappa shape index (κ3) is 11.6. The second kappa shape index (κ2) is 21.1. The summed E-state index contributed by atoms with van der Waals surface area (Å²) in [5.74, 6) is 0.376. The zero-order chi connectivity index (χ0) is 42.9. The van der Waals surface area contributed by atoms with Crippen LogP contribution < -0.4 is 0 Å². The van der Waals surface area contributed by atoms with Crippen molar-refractivity contribution in [3.05, 3.63) is 183 Å². The molecule has 0 bridgehead atoms. The number of sulfone groups is 2. The Hall–Kier alpha value is -7.02. The van der Waals surface area contributed by atoms with E-state index in [1.165, 1.54) is 12.1 Å². The molecule has 13 nitrogen and oxygen atoms in total. The largest absolute Gasteiger partial charge is 0.508 e. The number of hydrogen-bond donors (Lipinski definition) is 3. The summed E-state index contributed by atoms with van der Waals surface area (Å²) >= 11 is 0. The van der Waals surface area contributed by atoms with Crippen LogP contribution in [0.25, 0.3) is 20.9 Å². The fraction of sp³-hybridized carbons (Fsp3) is 0.156. The summed E-state index contributed by atoms with van der Waals surface area (Å²) in [7, 11) is -6.98. The van der Waals surface area contributed by atoms with Gasteiger partial charge in [-0.25, -0.2) is 16.8 Å². The molecule has 0 aromatic heterocycles. The first-order valence-electron chi connectivity index (χ1n) is 17.6. The number of Topliss-reactive ketones (excluding diaryl/α,β-unsaturated/α-hetero) is 2. The van der Waals surface area contributed by atoms with E-state index in [2.05, 4.69) is 24.9 Å². The van der Waals surface area contributed by atoms with Crippen LogP contribution in [0.15, 0.2) is 133 Å². The maximum absolute atomic E-state index is 11.8. The number of phenols is 3. The molecule has 0 unspecified atom stereocenters. The van der Waals surface area contributed by atoms with Crippen LogP contribution >= 0.6 is 0 Å². The Kier molecular flexibility index (Phi) is 16.1. The maximum atomic E-state index is 11.8. The van der Waals surface area contributed by atoms with Crippen LogP contribution in [0.1, 0.15) is 84.2 Å². The van der Waals surface area contributed by atoms with Gasteiger partial charge in [-0.1, -0.05) is 115 Å². The Labute approximate surface area is 355 Å². The normalized spacial score (nSPS) is 12.9. The van der Waals surface area contributed by atoms with Crippen LogP contribution in [-0.2, 0) is 19.7 Å². The molecule has 0 atom stereocenters. The average molecular weight is 856 g/mol. The van der Waals surface area contributed by atoms with Crippen molar-refractivity contribution < 1.29 is 51.3 Å². The zero-order valence-corrected chi connectivity index (χ0v) is 31.2. The average Bonchev–Trinajstić information content (AvgIpc) is 3.24. The number of ketones is 2. The molecule has 60 heavy (non-hydrogen) atoms. The van der Waals surface area contributed by atoms with Gasteiger partial charge in [-0.05, 0) is 53.1 Å². The fourth-order valence-corrected chi connectivity index (χ4v) is 7.73. The molecule has 0 spiro atoms. The number of hydrogen-bond acceptors (Lipinski definition) is 9. The van der Waals surface area contributed by atoms with Crippen molar-refractivity contribution >= 4 is 52.5 Å². The summed E-state index contributed by atoms with van der Waals surface area (Å²) in [6, 6.07) is 34.6. The molecule has 5 aromatic rings. The minimum absolute atomic E-state index is 0. The van der Waals surface area contributed by atoms with Crippen LogP contribution in [0, 0.1) is 0 Å². The number of allylic oxidation sites excluding steroid dienone is 2. The Morgan fingerprint density at radius 3 is 0.983 bits per heavy atom. The summed E-state index contributed by atoms with van der Waals surface area (Å²) in [5, 5.41) is 13.5. The Morgan fingerprint density at radius 1 is 0.483 bits per heavy atom. The van der Waals surface area contributed by atoms with Crippen molar-refractivity contribution in [3.8, 4) is 17.2 Å². The summed E-state index contributed by atoms with van der Waals surface area (Å²) < 4.78 is 67.3. The number of carbonyl (C=O) groups excluding carboxylic acids is 2. The number of nitrogens with zero attached hydrogens (tertiary/aromatic N) is 4. The molecule has 0 radical (unpaired) electrons. The van der Waals surface area contributed by atoms with E-state index in [1.807, 2.05) is 36.4 Å². The highest BCUT2D eigenvalue weighted by Crippen LogP contribution is 2.34. The lowest BCUT2D eigenvalue weighted by molar-refractivity contribution is -0.00460. The van der Waals surface area contributed by atoms with Crippen molar-refractivity contribution in [2.45, 2.75) is 35.6 Å². The smallest absolute Gasteiger partial charge is 0.364 e. The van der Waals surface area contributed by atoms with E-state index in [0.717, 1.165) is 41.4 Å². The van der Waals surface area contributed by atoms with Gasteiger partial charge in [-0.3, -0.25) is 9.59 Å². The highest BCUT2D eigenvalue weighted by Gasteiger charge is 2.34. The highest BCUT2D eigenvalue weighted by atomic mass is 32.2. The molecule has 0 heterocycles. The van der Waals surface area contributed by atoms with Crippen molar-refractivity contribution in [2.24, 2.45) is 0 Å². The van der Waals surface area contributed by atoms with E-state index in [0.29, 0.717) is 28.4 Å². The summed E-state index contributed by atoms with van der Waals surface area (Å²) in [5.41, 5.74) is 21.1. The van der Waals surface area contributed by atoms with Gasteiger partial charge < -0.3 is 26.4 Å². The molecule has 7 rings (SSSR count). The van der Waals surface area contributed by atoms with Crippen LogP contribution in [0.5, 0.6) is 17.2 Å². The first-order valence-corrected chi connectivity index (χ1v) is 20.2. The van der Waals surface area contributed by atoms with Crippen LogP contribution in [0.2, 0.25) is 0 Å². The molecule has 5 aromatic carbocycles. The van der Waals surface area contributed by atoms with E-state index in [4.69, 9.17) is 15.4 Å². The molecule has 0 amide bonds. The second-order valence-corrected chi connectivity index (χ2v) is 16.4. The van der Waals surface area contributed by atoms with Gasteiger partial charge in [-0.15, -0.1) is 0 Å². The number of aromatic hydroxyl groups is 3. The molecule has 0 saturated heterocycles. The van der Waals surface area contributed by atoms with Crippen LogP contribution in [-0.4, -0.2) is 81.5 Å². The predicted octanol–water partition coefficient (Wildman–Crippen LogP) is 8.41. The Morgan fingerprint density at radius 2 is 0.750 bits per heavy atom. The van der Waals surface area contributed by atoms with Crippen molar-refractivity contribution in [1.29, 1.82) is 4.29 Å². The molecule has 0 saturated carbocycles. The van der Waals surface area contributed by atoms with Gasteiger partial charge in [0.25, 0.3) is 15.9 Å².